The Morgan fingerprint density at radius 3 is 2.66 bits per heavy atom. The number of piperidine rings is 1. The second-order valence-corrected chi connectivity index (χ2v) is 8.53. The molecule has 1 saturated heterocycles. The zero-order chi connectivity index (χ0) is 21.0. The number of nitro groups is 1. The van der Waals surface area contributed by atoms with E-state index in [4.69, 9.17) is 4.74 Å². The third-order valence-electron chi connectivity index (χ3n) is 4.35. The fourth-order valence-corrected chi connectivity index (χ4v) is 3.54. The van der Waals surface area contributed by atoms with Crippen molar-refractivity contribution in [2.75, 3.05) is 18.1 Å². The summed E-state index contributed by atoms with van der Waals surface area (Å²) in [6.45, 7) is 0.546. The van der Waals surface area contributed by atoms with Gasteiger partial charge < -0.3 is 20.2 Å². The Labute approximate surface area is 166 Å². The number of rotatable bonds is 7. The largest absolute Gasteiger partial charge is 0.469 e. The third kappa shape index (κ3) is 5.03. The summed E-state index contributed by atoms with van der Waals surface area (Å²) in [5.74, 6) is -0.287. The minimum atomic E-state index is -3.36. The van der Waals surface area contributed by atoms with E-state index < -0.39 is 26.6 Å². The van der Waals surface area contributed by atoms with Gasteiger partial charge in [0.05, 0.1) is 15.9 Å². The van der Waals surface area contributed by atoms with E-state index in [0.29, 0.717) is 25.1 Å². The molecule has 0 spiro atoms. The number of hydrogen-bond acceptors (Lipinski definition) is 10. The van der Waals surface area contributed by atoms with Crippen LogP contribution in [0.2, 0.25) is 0 Å². The molecule has 2 aromatic rings. The molecule has 0 amide bonds. The number of hydrogen-bond donors (Lipinski definition) is 2. The van der Waals surface area contributed by atoms with Crippen molar-refractivity contribution in [3.05, 3.63) is 40.7 Å². The second-order valence-electron chi connectivity index (χ2n) is 6.52. The fourth-order valence-electron chi connectivity index (χ4n) is 2.91. The summed E-state index contributed by atoms with van der Waals surface area (Å²) in [6, 6.07) is 5.35. The van der Waals surface area contributed by atoms with E-state index in [1.54, 1.807) is 0 Å². The summed E-state index contributed by atoms with van der Waals surface area (Å²) in [4.78, 5) is 29.9. The third-order valence-corrected chi connectivity index (χ3v) is 5.48. The van der Waals surface area contributed by atoms with Crippen LogP contribution >= 0.6 is 0 Å². The van der Waals surface area contributed by atoms with E-state index >= 15 is 0 Å². The minimum absolute atomic E-state index is 0.0898. The number of sulfone groups is 1. The monoisotopic (exact) mass is 421 g/mol. The predicted molar refractivity (Wildman–Crippen MR) is 103 cm³/mol. The van der Waals surface area contributed by atoms with E-state index in [1.165, 1.54) is 24.3 Å². The van der Waals surface area contributed by atoms with Gasteiger partial charge in [0.25, 0.3) is 5.88 Å². The number of aldehydes is 1. The predicted octanol–water partition coefficient (Wildman–Crippen LogP) is 1.23. The Morgan fingerprint density at radius 2 is 2.03 bits per heavy atom. The van der Waals surface area contributed by atoms with Crippen LogP contribution in [0, 0.1) is 10.1 Å². The zero-order valence-electron chi connectivity index (χ0n) is 15.4. The second kappa shape index (κ2) is 8.49. The lowest BCUT2D eigenvalue weighted by Crippen LogP contribution is -2.43. The van der Waals surface area contributed by atoms with Crippen molar-refractivity contribution >= 4 is 33.3 Å². The first-order chi connectivity index (χ1) is 13.8. The quantitative estimate of drug-likeness (QED) is 0.379. The molecule has 12 heteroatoms. The molecule has 0 bridgehead atoms. The molecule has 1 aliphatic rings. The summed E-state index contributed by atoms with van der Waals surface area (Å²) >= 11 is 0. The average Bonchev–Trinajstić information content (AvgIpc) is 2.68. The zero-order valence-corrected chi connectivity index (χ0v) is 16.3. The lowest BCUT2D eigenvalue weighted by Gasteiger charge is -2.27. The van der Waals surface area contributed by atoms with Gasteiger partial charge in [-0.15, -0.1) is 0 Å². The highest BCUT2D eigenvalue weighted by atomic mass is 32.2. The van der Waals surface area contributed by atoms with Gasteiger partial charge in [-0.1, -0.05) is 0 Å². The van der Waals surface area contributed by atoms with Crippen molar-refractivity contribution in [2.24, 2.45) is 0 Å². The van der Waals surface area contributed by atoms with Crippen LogP contribution in [-0.2, 0) is 14.6 Å². The van der Waals surface area contributed by atoms with Crippen LogP contribution in [0.25, 0.3) is 0 Å². The summed E-state index contributed by atoms with van der Waals surface area (Å²) in [5, 5.41) is 17.4. The molecule has 1 aliphatic heterocycles. The summed E-state index contributed by atoms with van der Waals surface area (Å²) in [6.07, 6.45) is 3.54. The van der Waals surface area contributed by atoms with Gasteiger partial charge in [0, 0.05) is 18.4 Å². The summed E-state index contributed by atoms with van der Waals surface area (Å²) < 4.78 is 28.8. The Balaban J connectivity index is 1.85. The van der Waals surface area contributed by atoms with Gasteiger partial charge in [-0.2, -0.15) is 4.98 Å². The highest BCUT2D eigenvalue weighted by Gasteiger charge is 2.29. The van der Waals surface area contributed by atoms with Crippen LogP contribution in [0.3, 0.4) is 0 Å². The van der Waals surface area contributed by atoms with Gasteiger partial charge in [0.2, 0.25) is 5.82 Å². The first kappa shape index (κ1) is 20.6. The molecule has 1 fully saturated rings. The Kier molecular flexibility index (Phi) is 6.03. The molecule has 2 N–H and O–H groups in total. The molecular weight excluding hydrogens is 402 g/mol. The van der Waals surface area contributed by atoms with E-state index in [0.717, 1.165) is 18.9 Å². The van der Waals surface area contributed by atoms with Crippen LogP contribution in [0.15, 0.2) is 35.5 Å². The molecule has 154 valence electrons. The van der Waals surface area contributed by atoms with Crippen molar-refractivity contribution in [3.63, 3.8) is 0 Å². The first-order valence-electron chi connectivity index (χ1n) is 8.70. The normalized spacial score (nSPS) is 19.3. The van der Waals surface area contributed by atoms with E-state index in [1.807, 2.05) is 0 Å². The molecule has 3 rings (SSSR count). The Morgan fingerprint density at radius 1 is 1.31 bits per heavy atom. The van der Waals surface area contributed by atoms with Gasteiger partial charge in [-0.25, -0.2) is 13.4 Å². The molecule has 1 aromatic carbocycles. The number of aromatic nitrogens is 2. The van der Waals surface area contributed by atoms with Crippen LogP contribution in [-0.4, -0.2) is 54.5 Å². The van der Waals surface area contributed by atoms with E-state index in [2.05, 4.69) is 20.6 Å². The van der Waals surface area contributed by atoms with Crippen LogP contribution < -0.4 is 15.4 Å². The number of nitrogens with zero attached hydrogens (tertiary/aromatic N) is 3. The molecule has 29 heavy (non-hydrogen) atoms. The molecule has 0 radical (unpaired) electrons. The fraction of sp³-hybridized carbons (Fsp3) is 0.353. The Hall–Kier alpha value is -3.12. The lowest BCUT2D eigenvalue weighted by molar-refractivity contribution is -0.385. The standard InChI is InChI=1S/C17H19N5O6S/c1-29(26,27)14-4-2-11(3-5-14)21-16-15(22(24)25)17(20-10-19-16)28-13-6-7-18-12(8-13)9-23/h2-5,9-10,12-13,18H,6-8H2,1H3,(H,19,20,21). The van der Waals surface area contributed by atoms with Crippen molar-refractivity contribution in [1.82, 2.24) is 15.3 Å². The maximum atomic E-state index is 11.6. The molecule has 0 saturated carbocycles. The molecule has 2 unspecified atom stereocenters. The maximum absolute atomic E-state index is 11.6. The Bertz CT molecular complexity index is 1010. The smallest absolute Gasteiger partial charge is 0.373 e. The number of benzene rings is 1. The molecular formula is C17H19N5O6S. The number of carbonyl (C=O) groups excluding carboxylic acids is 1. The number of anilines is 2. The maximum Gasteiger partial charge on any atom is 0.373 e. The van der Waals surface area contributed by atoms with Crippen molar-refractivity contribution in [2.45, 2.75) is 29.9 Å². The van der Waals surface area contributed by atoms with Crippen LogP contribution in [0.5, 0.6) is 5.88 Å². The summed E-state index contributed by atoms with van der Waals surface area (Å²) in [5.41, 5.74) is -0.0334. The highest BCUT2D eigenvalue weighted by molar-refractivity contribution is 7.90. The minimum Gasteiger partial charge on any atom is -0.469 e. The van der Waals surface area contributed by atoms with Crippen LogP contribution in [0.1, 0.15) is 12.8 Å². The summed E-state index contributed by atoms with van der Waals surface area (Å²) in [7, 11) is -3.36. The topological polar surface area (TPSA) is 153 Å². The average molecular weight is 421 g/mol. The van der Waals surface area contributed by atoms with Gasteiger partial charge in [-0.05, 0) is 37.2 Å². The number of ether oxygens (including phenoxy) is 1. The van der Waals surface area contributed by atoms with E-state index in [-0.39, 0.29) is 22.6 Å². The van der Waals surface area contributed by atoms with E-state index in [9.17, 15) is 23.3 Å². The SMILES string of the molecule is CS(=O)(=O)c1ccc(Nc2ncnc(OC3CCNC(C=O)C3)c2[N+](=O)[O-])cc1. The first-order valence-corrected chi connectivity index (χ1v) is 10.6. The van der Waals surface area contributed by atoms with Crippen molar-refractivity contribution in [1.29, 1.82) is 0 Å². The molecule has 2 heterocycles. The number of nitrogens with one attached hydrogen (secondary N) is 2. The van der Waals surface area contributed by atoms with Crippen LogP contribution in [0.4, 0.5) is 17.2 Å². The molecule has 11 nitrogen and oxygen atoms in total. The molecule has 1 aromatic heterocycles. The highest BCUT2D eigenvalue weighted by Crippen LogP contribution is 2.34. The number of carbonyl (C=O) groups is 1. The van der Waals surface area contributed by atoms with Gasteiger partial charge in [0.1, 0.15) is 18.7 Å². The van der Waals surface area contributed by atoms with Gasteiger partial charge in [0.15, 0.2) is 9.84 Å². The lowest BCUT2D eigenvalue weighted by atomic mass is 10.0. The van der Waals surface area contributed by atoms with Gasteiger partial charge in [-0.3, -0.25) is 10.1 Å². The molecule has 0 aliphatic carbocycles. The van der Waals surface area contributed by atoms with Crippen molar-refractivity contribution < 1.29 is 22.9 Å². The molecule has 2 atom stereocenters. The van der Waals surface area contributed by atoms with Gasteiger partial charge >= 0.3 is 5.69 Å². The van der Waals surface area contributed by atoms with Crippen molar-refractivity contribution in [3.8, 4) is 5.88 Å².